The summed E-state index contributed by atoms with van der Waals surface area (Å²) >= 11 is 0. The molecule has 1 unspecified atom stereocenters. The van der Waals surface area contributed by atoms with Gasteiger partial charge in [0.2, 0.25) is 0 Å². The van der Waals surface area contributed by atoms with Crippen LogP contribution in [0.25, 0.3) is 6.08 Å². The lowest BCUT2D eigenvalue weighted by molar-refractivity contribution is -0.141. The predicted molar refractivity (Wildman–Crippen MR) is 83.5 cm³/mol. The first-order valence-corrected chi connectivity index (χ1v) is 6.86. The van der Waals surface area contributed by atoms with Gasteiger partial charge in [-0.15, -0.1) is 0 Å². The van der Waals surface area contributed by atoms with Gasteiger partial charge in [-0.1, -0.05) is 30.3 Å². The van der Waals surface area contributed by atoms with Crippen molar-refractivity contribution in [3.8, 4) is 0 Å². The number of aliphatic carboxylic acids is 1. The number of imide groups is 1. The highest BCUT2D eigenvalue weighted by Gasteiger charge is 2.28. The third-order valence-electron chi connectivity index (χ3n) is 3.21. The minimum atomic E-state index is -1.21. The van der Waals surface area contributed by atoms with Crippen LogP contribution in [0.2, 0.25) is 0 Å². The second kappa shape index (κ2) is 8.47. The Morgan fingerprint density at radius 3 is 2.35 bits per heavy atom. The van der Waals surface area contributed by atoms with E-state index in [-0.39, 0.29) is 0 Å². The Balaban J connectivity index is 2.90. The van der Waals surface area contributed by atoms with Gasteiger partial charge in [0.15, 0.2) is 0 Å². The van der Waals surface area contributed by atoms with Gasteiger partial charge < -0.3 is 14.8 Å². The lowest BCUT2D eigenvalue weighted by Gasteiger charge is -2.27. The van der Waals surface area contributed by atoms with E-state index in [1.807, 2.05) is 6.07 Å². The van der Waals surface area contributed by atoms with Gasteiger partial charge in [-0.25, -0.2) is 9.59 Å². The zero-order valence-electron chi connectivity index (χ0n) is 12.9. The predicted octanol–water partition coefficient (Wildman–Crippen LogP) is 1.25. The normalized spacial score (nSPS) is 11.7. The second-order valence-electron chi connectivity index (χ2n) is 4.77. The highest BCUT2D eigenvalue weighted by atomic mass is 16.4. The van der Waals surface area contributed by atoms with Crippen molar-refractivity contribution < 1.29 is 24.3 Å². The number of rotatable bonds is 6. The van der Waals surface area contributed by atoms with Gasteiger partial charge in [0.1, 0.15) is 12.3 Å². The fraction of sp³-hybridized carbons (Fsp3) is 0.250. The average molecular weight is 318 g/mol. The Hall–Kier alpha value is -2.96. The van der Waals surface area contributed by atoms with Crippen molar-refractivity contribution in [1.82, 2.24) is 9.80 Å². The van der Waals surface area contributed by atoms with Crippen molar-refractivity contribution >= 4 is 30.3 Å². The highest BCUT2D eigenvalue weighted by molar-refractivity contribution is 6.04. The minimum Gasteiger partial charge on any atom is -0.480 e. The van der Waals surface area contributed by atoms with Crippen molar-refractivity contribution in [3.05, 3.63) is 42.0 Å². The number of nitrogens with zero attached hydrogens (tertiary/aromatic N) is 2. The van der Waals surface area contributed by atoms with E-state index in [1.165, 1.54) is 20.0 Å². The maximum atomic E-state index is 12.2. The number of hydrogen-bond donors (Lipinski definition) is 1. The molecule has 0 aromatic heterocycles. The van der Waals surface area contributed by atoms with Crippen LogP contribution < -0.4 is 0 Å². The first-order chi connectivity index (χ1) is 10.9. The Labute approximate surface area is 133 Å². The molecular weight excluding hydrogens is 300 g/mol. The highest BCUT2D eigenvalue weighted by Crippen LogP contribution is 2.06. The van der Waals surface area contributed by atoms with E-state index in [4.69, 9.17) is 5.11 Å². The van der Waals surface area contributed by atoms with Gasteiger partial charge in [0.05, 0.1) is 6.54 Å². The van der Waals surface area contributed by atoms with Crippen LogP contribution in [0.1, 0.15) is 12.5 Å². The van der Waals surface area contributed by atoms with E-state index in [2.05, 4.69) is 0 Å². The smallest absolute Gasteiger partial charge is 0.327 e. The van der Waals surface area contributed by atoms with Gasteiger partial charge in [0, 0.05) is 13.1 Å². The third kappa shape index (κ3) is 5.06. The third-order valence-corrected chi connectivity index (χ3v) is 3.21. The largest absolute Gasteiger partial charge is 0.480 e. The molecule has 7 heteroatoms. The summed E-state index contributed by atoms with van der Waals surface area (Å²) < 4.78 is 0. The molecule has 0 aliphatic rings. The van der Waals surface area contributed by atoms with E-state index in [0.29, 0.717) is 11.2 Å². The van der Waals surface area contributed by atoms with Gasteiger partial charge in [-0.05, 0) is 18.6 Å². The Morgan fingerprint density at radius 1 is 1.22 bits per heavy atom. The second-order valence-corrected chi connectivity index (χ2v) is 4.77. The molecule has 3 amide bonds. The number of carbonyl (C=O) groups excluding carboxylic acids is 3. The number of amides is 3. The quantitative estimate of drug-likeness (QED) is 0.629. The summed E-state index contributed by atoms with van der Waals surface area (Å²) in [5.41, 5.74) is 0.756. The summed E-state index contributed by atoms with van der Waals surface area (Å²) in [5, 5.41) is 8.92. The first kappa shape index (κ1) is 18.1. The summed E-state index contributed by atoms with van der Waals surface area (Å²) in [6, 6.07) is 6.98. The van der Waals surface area contributed by atoms with Gasteiger partial charge in [-0.2, -0.15) is 0 Å². The van der Waals surface area contributed by atoms with Crippen LogP contribution in [0.15, 0.2) is 36.4 Å². The number of urea groups is 1. The number of carboxylic acids is 1. The number of aldehydes is 1. The Kier molecular flexibility index (Phi) is 6.67. The van der Waals surface area contributed by atoms with Crippen molar-refractivity contribution in [3.63, 3.8) is 0 Å². The molecule has 0 saturated heterocycles. The van der Waals surface area contributed by atoms with Crippen LogP contribution in [-0.2, 0) is 14.4 Å². The lowest BCUT2D eigenvalue weighted by Crippen LogP contribution is -2.50. The van der Waals surface area contributed by atoms with E-state index in [9.17, 15) is 19.2 Å². The maximum Gasteiger partial charge on any atom is 0.327 e. The van der Waals surface area contributed by atoms with Crippen LogP contribution >= 0.6 is 0 Å². The molecule has 122 valence electrons. The molecule has 0 aliphatic heterocycles. The average Bonchev–Trinajstić information content (AvgIpc) is 2.56. The summed E-state index contributed by atoms with van der Waals surface area (Å²) in [6.07, 6.45) is 3.08. The van der Waals surface area contributed by atoms with Crippen LogP contribution in [0, 0.1) is 0 Å². The molecule has 0 aliphatic carbocycles. The van der Waals surface area contributed by atoms with Gasteiger partial charge in [0.25, 0.3) is 5.91 Å². The van der Waals surface area contributed by atoms with Crippen molar-refractivity contribution in [2.75, 3.05) is 13.6 Å². The lowest BCUT2D eigenvalue weighted by atomic mass is 10.2. The molecule has 1 aromatic carbocycles. The standard InChI is InChI=1S/C16H18N2O5/c1-12(15(21)22)17(2)16(23)18(10-11-19)14(20)9-8-13-6-4-3-5-7-13/h3-9,11-12H,10H2,1-2H3,(H,21,22)/b9-8+. The number of likely N-dealkylation sites (N-methyl/N-ethyl adjacent to an activating group) is 1. The monoisotopic (exact) mass is 318 g/mol. The molecule has 1 rings (SSSR count). The SMILES string of the molecule is CC(C(=O)O)N(C)C(=O)N(CC=O)C(=O)/C=C/c1ccccc1. The van der Waals surface area contributed by atoms with E-state index < -0.39 is 30.5 Å². The number of benzene rings is 1. The molecule has 1 N–H and O–H groups in total. The first-order valence-electron chi connectivity index (χ1n) is 6.86. The number of hydrogen-bond acceptors (Lipinski definition) is 4. The zero-order chi connectivity index (χ0) is 17.4. The fourth-order valence-electron chi connectivity index (χ4n) is 1.68. The Bertz CT molecular complexity index is 612. The molecule has 23 heavy (non-hydrogen) atoms. The Morgan fingerprint density at radius 2 is 1.83 bits per heavy atom. The minimum absolute atomic E-state index is 0.408. The van der Waals surface area contributed by atoms with E-state index >= 15 is 0 Å². The molecular formula is C16H18N2O5. The molecule has 0 saturated carbocycles. The van der Waals surface area contributed by atoms with Crippen LogP contribution in [0.5, 0.6) is 0 Å². The molecule has 1 aromatic rings. The number of carbonyl (C=O) groups is 4. The summed E-state index contributed by atoms with van der Waals surface area (Å²) in [6.45, 7) is 0.858. The van der Waals surface area contributed by atoms with Gasteiger partial charge in [-0.3, -0.25) is 9.69 Å². The summed E-state index contributed by atoms with van der Waals surface area (Å²) in [4.78, 5) is 47.6. The summed E-state index contributed by atoms with van der Waals surface area (Å²) in [7, 11) is 1.26. The van der Waals surface area contributed by atoms with E-state index in [0.717, 1.165) is 16.5 Å². The van der Waals surface area contributed by atoms with Crippen LogP contribution in [-0.4, -0.2) is 58.7 Å². The van der Waals surface area contributed by atoms with Crippen LogP contribution in [0.4, 0.5) is 4.79 Å². The van der Waals surface area contributed by atoms with Crippen molar-refractivity contribution in [2.45, 2.75) is 13.0 Å². The summed E-state index contributed by atoms with van der Waals surface area (Å²) in [5.74, 6) is -1.91. The zero-order valence-corrected chi connectivity index (χ0v) is 12.9. The molecule has 0 radical (unpaired) electrons. The van der Waals surface area contributed by atoms with E-state index in [1.54, 1.807) is 24.3 Å². The molecule has 0 bridgehead atoms. The topological polar surface area (TPSA) is 95.0 Å². The van der Waals surface area contributed by atoms with Gasteiger partial charge >= 0.3 is 12.0 Å². The van der Waals surface area contributed by atoms with Crippen molar-refractivity contribution in [1.29, 1.82) is 0 Å². The molecule has 0 fully saturated rings. The van der Waals surface area contributed by atoms with Crippen LogP contribution in [0.3, 0.4) is 0 Å². The molecule has 0 spiro atoms. The molecule has 7 nitrogen and oxygen atoms in total. The molecule has 0 heterocycles. The number of carboxylic acid groups (broad SMARTS) is 1. The molecule has 1 atom stereocenters. The fourth-order valence-corrected chi connectivity index (χ4v) is 1.68. The van der Waals surface area contributed by atoms with Crippen molar-refractivity contribution in [2.24, 2.45) is 0 Å². The maximum absolute atomic E-state index is 12.2.